The predicted octanol–water partition coefficient (Wildman–Crippen LogP) is 5.48. The zero-order chi connectivity index (χ0) is 20.0. The van der Waals surface area contributed by atoms with E-state index in [1.165, 1.54) is 11.6 Å². The van der Waals surface area contributed by atoms with Crippen LogP contribution in [0.15, 0.2) is 65.5 Å². The zero-order valence-corrected chi connectivity index (χ0v) is 15.5. The SMILES string of the molecule is O=c1[nH]c2ccc(/C=C3\c4ccccc4CCc4cc(C(F)F)ccc43)cc2[nH]1. The Kier molecular flexibility index (Phi) is 4.16. The predicted molar refractivity (Wildman–Crippen MR) is 111 cm³/mol. The molecule has 5 heteroatoms. The Balaban J connectivity index is 1.72. The summed E-state index contributed by atoms with van der Waals surface area (Å²) in [5.74, 6) is 0. The van der Waals surface area contributed by atoms with Gasteiger partial charge in [-0.2, -0.15) is 0 Å². The first-order valence-electron chi connectivity index (χ1n) is 9.52. The summed E-state index contributed by atoms with van der Waals surface area (Å²) in [6, 6.07) is 18.9. The summed E-state index contributed by atoms with van der Waals surface area (Å²) in [7, 11) is 0. The number of fused-ring (bicyclic) bond motifs is 3. The van der Waals surface area contributed by atoms with Crippen molar-refractivity contribution in [3.8, 4) is 0 Å². The molecule has 29 heavy (non-hydrogen) atoms. The Morgan fingerprint density at radius 1 is 0.828 bits per heavy atom. The molecule has 0 radical (unpaired) electrons. The largest absolute Gasteiger partial charge is 0.323 e. The third kappa shape index (κ3) is 3.18. The van der Waals surface area contributed by atoms with E-state index in [2.05, 4.69) is 28.2 Å². The second-order valence-corrected chi connectivity index (χ2v) is 7.32. The van der Waals surface area contributed by atoms with Gasteiger partial charge in [-0.3, -0.25) is 0 Å². The molecule has 0 fully saturated rings. The van der Waals surface area contributed by atoms with Gasteiger partial charge in [-0.25, -0.2) is 13.6 Å². The van der Waals surface area contributed by atoms with Crippen molar-refractivity contribution >= 4 is 22.7 Å². The van der Waals surface area contributed by atoms with E-state index in [1.54, 1.807) is 6.07 Å². The Morgan fingerprint density at radius 3 is 2.45 bits per heavy atom. The molecule has 0 saturated carbocycles. The van der Waals surface area contributed by atoms with E-state index < -0.39 is 6.43 Å². The number of aryl methyl sites for hydroxylation is 2. The van der Waals surface area contributed by atoms with Crippen molar-refractivity contribution in [2.75, 3.05) is 0 Å². The van der Waals surface area contributed by atoms with E-state index in [0.29, 0.717) is 6.42 Å². The number of benzene rings is 3. The highest BCUT2D eigenvalue weighted by atomic mass is 19.3. The van der Waals surface area contributed by atoms with Crippen LogP contribution in [-0.4, -0.2) is 9.97 Å². The van der Waals surface area contributed by atoms with Gasteiger partial charge in [-0.05, 0) is 70.5 Å². The van der Waals surface area contributed by atoms with Crippen LogP contribution in [0.4, 0.5) is 8.78 Å². The van der Waals surface area contributed by atoms with E-state index in [1.807, 2.05) is 36.4 Å². The monoisotopic (exact) mass is 388 g/mol. The van der Waals surface area contributed by atoms with Crippen molar-refractivity contribution in [2.45, 2.75) is 19.3 Å². The highest BCUT2D eigenvalue weighted by Gasteiger charge is 2.20. The first kappa shape index (κ1) is 17.6. The average Bonchev–Trinajstić information content (AvgIpc) is 3.02. The van der Waals surface area contributed by atoms with Crippen LogP contribution in [-0.2, 0) is 12.8 Å². The maximum Gasteiger partial charge on any atom is 0.323 e. The summed E-state index contributed by atoms with van der Waals surface area (Å²) < 4.78 is 26.5. The lowest BCUT2D eigenvalue weighted by Gasteiger charge is -2.13. The number of H-pyrrole nitrogens is 2. The van der Waals surface area contributed by atoms with Crippen LogP contribution in [0.2, 0.25) is 0 Å². The molecular weight excluding hydrogens is 370 g/mol. The molecule has 0 unspecified atom stereocenters. The molecule has 1 aromatic heterocycles. The van der Waals surface area contributed by atoms with Crippen LogP contribution < -0.4 is 5.69 Å². The number of alkyl halides is 2. The molecule has 0 atom stereocenters. The van der Waals surface area contributed by atoms with Crippen LogP contribution in [0.25, 0.3) is 22.7 Å². The van der Waals surface area contributed by atoms with E-state index in [4.69, 9.17) is 0 Å². The molecular formula is C24H18F2N2O. The lowest BCUT2D eigenvalue weighted by Crippen LogP contribution is -1.99. The van der Waals surface area contributed by atoms with Crippen LogP contribution in [0.3, 0.4) is 0 Å². The molecule has 144 valence electrons. The highest BCUT2D eigenvalue weighted by Crippen LogP contribution is 2.36. The van der Waals surface area contributed by atoms with Crippen LogP contribution in [0.5, 0.6) is 0 Å². The van der Waals surface area contributed by atoms with Crippen molar-refractivity contribution in [1.29, 1.82) is 0 Å². The van der Waals surface area contributed by atoms with Gasteiger partial charge in [-0.15, -0.1) is 0 Å². The number of aromatic amines is 2. The van der Waals surface area contributed by atoms with E-state index in [-0.39, 0.29) is 11.3 Å². The fourth-order valence-corrected chi connectivity index (χ4v) is 4.10. The van der Waals surface area contributed by atoms with E-state index in [0.717, 1.165) is 45.3 Å². The minimum absolute atomic E-state index is 0.0559. The van der Waals surface area contributed by atoms with Gasteiger partial charge < -0.3 is 9.97 Å². The van der Waals surface area contributed by atoms with Crippen LogP contribution in [0, 0.1) is 0 Å². The summed E-state index contributed by atoms with van der Waals surface area (Å²) in [6.07, 6.45) is 1.10. The third-order valence-electron chi connectivity index (χ3n) is 5.49. The van der Waals surface area contributed by atoms with Crippen LogP contribution >= 0.6 is 0 Å². The molecule has 2 N–H and O–H groups in total. The lowest BCUT2D eigenvalue weighted by atomic mass is 9.91. The summed E-state index contributed by atoms with van der Waals surface area (Å²) in [6.45, 7) is 0. The lowest BCUT2D eigenvalue weighted by molar-refractivity contribution is 0.151. The average molecular weight is 388 g/mol. The quantitative estimate of drug-likeness (QED) is 0.469. The third-order valence-corrected chi connectivity index (χ3v) is 5.49. The van der Waals surface area contributed by atoms with Gasteiger partial charge in [0.15, 0.2) is 0 Å². The molecule has 3 aromatic carbocycles. The first-order chi connectivity index (χ1) is 14.1. The summed E-state index contributed by atoms with van der Waals surface area (Å²) in [5.41, 5.74) is 7.45. The topological polar surface area (TPSA) is 48.6 Å². The highest BCUT2D eigenvalue weighted by molar-refractivity contribution is 5.95. The molecule has 0 amide bonds. The van der Waals surface area contributed by atoms with E-state index >= 15 is 0 Å². The second-order valence-electron chi connectivity index (χ2n) is 7.32. The Hall–Kier alpha value is -3.47. The smallest absolute Gasteiger partial charge is 0.306 e. The number of halogens is 2. The summed E-state index contributed by atoms with van der Waals surface area (Å²) >= 11 is 0. The molecule has 0 saturated heterocycles. The molecule has 5 rings (SSSR count). The molecule has 0 bridgehead atoms. The number of hydrogen-bond acceptors (Lipinski definition) is 1. The molecule has 1 heterocycles. The van der Waals surface area contributed by atoms with E-state index in [9.17, 15) is 13.6 Å². The molecule has 3 nitrogen and oxygen atoms in total. The van der Waals surface area contributed by atoms with Gasteiger partial charge in [0.25, 0.3) is 6.43 Å². The van der Waals surface area contributed by atoms with Gasteiger partial charge in [0.1, 0.15) is 0 Å². The van der Waals surface area contributed by atoms with Crippen LogP contribution in [0.1, 0.15) is 39.8 Å². The molecule has 1 aliphatic rings. The maximum atomic E-state index is 13.2. The van der Waals surface area contributed by atoms with Crippen molar-refractivity contribution in [2.24, 2.45) is 0 Å². The minimum atomic E-state index is -2.48. The van der Waals surface area contributed by atoms with Gasteiger partial charge >= 0.3 is 5.69 Å². The number of hydrogen-bond donors (Lipinski definition) is 2. The van der Waals surface area contributed by atoms with Crippen molar-refractivity contribution in [3.05, 3.63) is 105 Å². The Morgan fingerprint density at radius 2 is 1.59 bits per heavy atom. The Bertz CT molecular complexity index is 1310. The van der Waals surface area contributed by atoms with Gasteiger partial charge in [-0.1, -0.05) is 42.5 Å². The summed E-state index contributed by atoms with van der Waals surface area (Å²) in [5, 5.41) is 0. The zero-order valence-electron chi connectivity index (χ0n) is 15.5. The molecule has 0 aliphatic heterocycles. The maximum absolute atomic E-state index is 13.2. The van der Waals surface area contributed by atoms with Gasteiger partial charge in [0.2, 0.25) is 0 Å². The fraction of sp³-hybridized carbons (Fsp3) is 0.125. The minimum Gasteiger partial charge on any atom is -0.306 e. The fourth-order valence-electron chi connectivity index (χ4n) is 4.10. The molecule has 1 aliphatic carbocycles. The van der Waals surface area contributed by atoms with Crippen molar-refractivity contribution in [1.82, 2.24) is 9.97 Å². The molecule has 4 aromatic rings. The standard InChI is InChI=1S/C24H18F2N2O/c25-23(26)17-8-9-19-16(13-17)7-6-15-3-1-2-4-18(15)20(19)11-14-5-10-21-22(12-14)28-24(29)27-21/h1-5,8-13,23H,6-7H2,(H2,27,28,29)/b20-11+. The number of nitrogens with one attached hydrogen (secondary N) is 2. The molecule has 0 spiro atoms. The van der Waals surface area contributed by atoms with Crippen molar-refractivity contribution in [3.63, 3.8) is 0 Å². The van der Waals surface area contributed by atoms with Gasteiger partial charge in [0.05, 0.1) is 11.0 Å². The number of imidazole rings is 1. The normalized spacial score (nSPS) is 14.8. The second kappa shape index (κ2) is 6.85. The Labute approximate surface area is 165 Å². The van der Waals surface area contributed by atoms with Crippen molar-refractivity contribution < 1.29 is 8.78 Å². The summed E-state index contributed by atoms with van der Waals surface area (Å²) in [4.78, 5) is 17.1. The first-order valence-corrected chi connectivity index (χ1v) is 9.52. The van der Waals surface area contributed by atoms with Gasteiger partial charge in [0, 0.05) is 5.56 Å². The number of aromatic nitrogens is 2. The number of rotatable bonds is 2.